The number of ether oxygens (including phenoxy) is 1. The molecule has 1 unspecified atom stereocenters. The Labute approximate surface area is 183 Å². The third kappa shape index (κ3) is 3.79. The van der Waals surface area contributed by atoms with E-state index in [0.29, 0.717) is 22.6 Å². The van der Waals surface area contributed by atoms with Crippen LogP contribution in [0.1, 0.15) is 37.5 Å². The van der Waals surface area contributed by atoms with Gasteiger partial charge in [0, 0.05) is 35.9 Å². The van der Waals surface area contributed by atoms with Gasteiger partial charge in [0.1, 0.15) is 11.6 Å². The van der Waals surface area contributed by atoms with Gasteiger partial charge in [-0.25, -0.2) is 0 Å². The van der Waals surface area contributed by atoms with Crippen LogP contribution in [0.4, 0.5) is 0 Å². The number of aliphatic hydroxyl groups excluding tert-OH is 1. The van der Waals surface area contributed by atoms with Crippen molar-refractivity contribution >= 4 is 5.71 Å². The van der Waals surface area contributed by atoms with E-state index in [0.717, 1.165) is 18.7 Å². The summed E-state index contributed by atoms with van der Waals surface area (Å²) in [6.07, 6.45) is 0. The van der Waals surface area contributed by atoms with Crippen LogP contribution < -0.4 is 11.5 Å². The fourth-order valence-corrected chi connectivity index (χ4v) is 4.62. The lowest BCUT2D eigenvalue weighted by molar-refractivity contribution is 0.177. The molecule has 0 saturated carbocycles. The number of nitrogens with two attached hydrogens (primary N) is 2. The minimum absolute atomic E-state index is 0.0113. The van der Waals surface area contributed by atoms with Gasteiger partial charge in [-0.15, -0.1) is 0 Å². The van der Waals surface area contributed by atoms with E-state index in [1.807, 2.05) is 32.0 Å². The van der Waals surface area contributed by atoms with Crippen LogP contribution in [0.5, 0.6) is 0 Å². The Bertz CT molecular complexity index is 1080. The van der Waals surface area contributed by atoms with Gasteiger partial charge in [0.15, 0.2) is 5.88 Å². The zero-order chi connectivity index (χ0) is 22.9. The summed E-state index contributed by atoms with van der Waals surface area (Å²) < 4.78 is 5.46. The van der Waals surface area contributed by atoms with E-state index < -0.39 is 5.41 Å². The molecule has 1 aromatic carbocycles. The van der Waals surface area contributed by atoms with Gasteiger partial charge >= 0.3 is 0 Å². The van der Waals surface area contributed by atoms with Gasteiger partial charge in [-0.3, -0.25) is 0 Å². The largest absolute Gasteiger partial charge is 0.424 e. The van der Waals surface area contributed by atoms with E-state index in [2.05, 4.69) is 29.9 Å². The number of likely N-dealkylation sites (tertiary alicyclic amines) is 1. The molecule has 3 rings (SSSR count). The van der Waals surface area contributed by atoms with Crippen LogP contribution in [0.15, 0.2) is 41.1 Å². The van der Waals surface area contributed by atoms with E-state index in [4.69, 9.17) is 21.6 Å². The van der Waals surface area contributed by atoms with Gasteiger partial charge in [0.2, 0.25) is 5.88 Å². The average molecular weight is 420 g/mol. The molecule has 1 saturated heterocycles. The zero-order valence-electron chi connectivity index (χ0n) is 18.4. The molecule has 0 aliphatic carbocycles. The third-order valence-corrected chi connectivity index (χ3v) is 5.97. The molecular weight excluding hydrogens is 390 g/mol. The topological polar surface area (TPSA) is 132 Å². The van der Waals surface area contributed by atoms with Crippen LogP contribution >= 0.6 is 0 Å². The van der Waals surface area contributed by atoms with Crippen LogP contribution in [0.2, 0.25) is 0 Å². The van der Waals surface area contributed by atoms with Gasteiger partial charge < -0.3 is 31.6 Å². The molecule has 2 heterocycles. The number of aliphatic hydroxyl groups is 1. The maximum atomic E-state index is 10.0. The highest BCUT2D eigenvalue weighted by atomic mass is 16.5. The Hall–Kier alpha value is -3.26. The lowest BCUT2D eigenvalue weighted by Crippen LogP contribution is -2.45. The maximum Gasteiger partial charge on any atom is 0.207 e. The number of allylic oxidation sites excluding steroid dienone is 2. The third-order valence-electron chi connectivity index (χ3n) is 5.97. The normalized spacial score (nSPS) is 21.8. The molecule has 1 fully saturated rings. The summed E-state index contributed by atoms with van der Waals surface area (Å²) in [6, 6.07) is 7.77. The molecule has 2 aliphatic heterocycles. The van der Waals surface area contributed by atoms with Crippen molar-refractivity contribution in [3.63, 3.8) is 0 Å². The standard InChI is InChI=1S/C24H29N5O2/c1-14(2)24(20(10-25)22(27)31-23(28)21(24)15(3)26)19-8-16(7-18(9-19)13-30)5-6-17-11-29(4)12-17/h7-9,14,17,26,30H,11-13,27-28H2,1-4H3. The van der Waals surface area contributed by atoms with Crippen molar-refractivity contribution in [3.8, 4) is 17.9 Å². The SMILES string of the molecule is CC(=N)C1=C(N)OC(N)=C(C#N)C1(c1cc(C#CC2CN(C)C2)cc(CO)c1)C(C)C. The summed E-state index contributed by atoms with van der Waals surface area (Å²) in [7, 11) is 2.05. The van der Waals surface area contributed by atoms with Crippen molar-refractivity contribution in [1.29, 1.82) is 10.7 Å². The second-order valence-corrected chi connectivity index (χ2v) is 8.54. The Morgan fingerprint density at radius 3 is 2.52 bits per heavy atom. The molecule has 0 amide bonds. The van der Waals surface area contributed by atoms with E-state index in [-0.39, 0.29) is 35.6 Å². The number of hydrogen-bond acceptors (Lipinski definition) is 7. The van der Waals surface area contributed by atoms with Crippen LogP contribution in [0.3, 0.4) is 0 Å². The molecule has 0 spiro atoms. The highest BCUT2D eigenvalue weighted by Gasteiger charge is 2.50. The number of nitriles is 1. The molecule has 162 valence electrons. The van der Waals surface area contributed by atoms with Gasteiger partial charge in [0.05, 0.1) is 12.0 Å². The molecular formula is C24H29N5O2. The van der Waals surface area contributed by atoms with E-state index >= 15 is 0 Å². The summed E-state index contributed by atoms with van der Waals surface area (Å²) in [4.78, 5) is 2.20. The fourth-order valence-electron chi connectivity index (χ4n) is 4.62. The Balaban J connectivity index is 2.29. The number of nitrogens with one attached hydrogen (secondary N) is 1. The molecule has 7 nitrogen and oxygen atoms in total. The van der Waals surface area contributed by atoms with Gasteiger partial charge in [-0.2, -0.15) is 5.26 Å². The summed E-state index contributed by atoms with van der Waals surface area (Å²) in [5, 5.41) is 28.4. The minimum atomic E-state index is -1.09. The quantitative estimate of drug-likeness (QED) is 0.435. The molecule has 7 heteroatoms. The molecule has 1 aromatic rings. The highest BCUT2D eigenvalue weighted by Crippen LogP contribution is 2.50. The van der Waals surface area contributed by atoms with E-state index in [1.165, 1.54) is 0 Å². The van der Waals surface area contributed by atoms with Gasteiger partial charge in [-0.05, 0) is 43.1 Å². The van der Waals surface area contributed by atoms with E-state index in [9.17, 15) is 10.4 Å². The summed E-state index contributed by atoms with van der Waals surface area (Å²) >= 11 is 0. The first-order valence-corrected chi connectivity index (χ1v) is 10.2. The highest BCUT2D eigenvalue weighted by molar-refractivity contribution is 6.00. The van der Waals surface area contributed by atoms with Crippen molar-refractivity contribution < 1.29 is 9.84 Å². The number of rotatable bonds is 4. The van der Waals surface area contributed by atoms with Crippen LogP contribution in [0, 0.1) is 40.4 Å². The Morgan fingerprint density at radius 1 is 1.32 bits per heavy atom. The van der Waals surface area contributed by atoms with Crippen LogP contribution in [-0.2, 0) is 16.8 Å². The first-order chi connectivity index (χ1) is 14.6. The number of nitrogens with zero attached hydrogens (tertiary/aromatic N) is 2. The predicted molar refractivity (Wildman–Crippen MR) is 119 cm³/mol. The van der Waals surface area contributed by atoms with Crippen molar-refractivity contribution in [2.24, 2.45) is 23.3 Å². The monoisotopic (exact) mass is 419 g/mol. The molecule has 1 atom stereocenters. The van der Waals surface area contributed by atoms with Crippen molar-refractivity contribution in [1.82, 2.24) is 4.90 Å². The summed E-state index contributed by atoms with van der Waals surface area (Å²) in [5.41, 5.74) is 14.1. The predicted octanol–water partition coefficient (Wildman–Crippen LogP) is 1.92. The van der Waals surface area contributed by atoms with Gasteiger partial charge in [0.25, 0.3) is 0 Å². The number of hydrogen-bond donors (Lipinski definition) is 4. The zero-order valence-corrected chi connectivity index (χ0v) is 18.4. The lowest BCUT2D eigenvalue weighted by atomic mass is 9.60. The van der Waals surface area contributed by atoms with Gasteiger partial charge in [-0.1, -0.05) is 31.8 Å². The molecule has 2 aliphatic rings. The first-order valence-electron chi connectivity index (χ1n) is 10.2. The molecule has 0 radical (unpaired) electrons. The summed E-state index contributed by atoms with van der Waals surface area (Å²) in [6.45, 7) is 7.20. The summed E-state index contributed by atoms with van der Waals surface area (Å²) in [5.74, 6) is 6.58. The second kappa shape index (κ2) is 8.47. The molecule has 6 N–H and O–H groups in total. The van der Waals surface area contributed by atoms with Crippen LogP contribution in [0.25, 0.3) is 0 Å². The Morgan fingerprint density at radius 2 is 2.00 bits per heavy atom. The fraction of sp³-hybridized carbons (Fsp3) is 0.417. The van der Waals surface area contributed by atoms with E-state index in [1.54, 1.807) is 6.92 Å². The molecule has 31 heavy (non-hydrogen) atoms. The maximum absolute atomic E-state index is 10.0. The van der Waals surface area contributed by atoms with Crippen LogP contribution in [-0.4, -0.2) is 35.9 Å². The average Bonchev–Trinajstić information content (AvgIpc) is 2.68. The minimum Gasteiger partial charge on any atom is -0.424 e. The van der Waals surface area contributed by atoms with Crippen molar-refractivity contribution in [2.45, 2.75) is 32.8 Å². The smallest absolute Gasteiger partial charge is 0.207 e. The first kappa shape index (κ1) is 22.4. The number of benzene rings is 1. The lowest BCUT2D eigenvalue weighted by Gasteiger charge is -2.43. The molecule has 0 aromatic heterocycles. The second-order valence-electron chi connectivity index (χ2n) is 8.54. The molecule has 0 bridgehead atoms. The van der Waals surface area contributed by atoms with Crippen molar-refractivity contribution in [2.75, 3.05) is 20.1 Å². The Kier molecular flexibility index (Phi) is 6.13. The van der Waals surface area contributed by atoms with Crippen molar-refractivity contribution in [3.05, 3.63) is 57.8 Å².